The molecule has 78 valence electrons. The van der Waals surface area contributed by atoms with Crippen molar-refractivity contribution in [2.75, 3.05) is 32.9 Å². The molecule has 0 aromatic carbocycles. The van der Waals surface area contributed by atoms with E-state index in [9.17, 15) is 0 Å². The van der Waals surface area contributed by atoms with E-state index in [1.165, 1.54) is 0 Å². The molecule has 1 saturated heterocycles. The Morgan fingerprint density at radius 3 is 2.69 bits per heavy atom. The summed E-state index contributed by atoms with van der Waals surface area (Å²) < 4.78 is 5.28. The molecule has 4 N–H and O–H groups in total. The lowest BCUT2D eigenvalue weighted by atomic mass is 9.92. The van der Waals surface area contributed by atoms with Crippen LogP contribution in [0.4, 0.5) is 0 Å². The largest absolute Gasteiger partial charge is 0.395 e. The SMILES string of the molecule is NCC(NCCO)C1CCOCC1. The third-order valence-electron chi connectivity index (χ3n) is 2.61. The fourth-order valence-electron chi connectivity index (χ4n) is 1.81. The molecular formula is C9H20N2O2. The van der Waals surface area contributed by atoms with Gasteiger partial charge in [-0.25, -0.2) is 0 Å². The van der Waals surface area contributed by atoms with Crippen LogP contribution in [0.1, 0.15) is 12.8 Å². The molecule has 1 fully saturated rings. The van der Waals surface area contributed by atoms with E-state index in [1.807, 2.05) is 0 Å². The Morgan fingerprint density at radius 1 is 1.46 bits per heavy atom. The number of hydrogen-bond donors (Lipinski definition) is 3. The highest BCUT2D eigenvalue weighted by atomic mass is 16.5. The second kappa shape index (κ2) is 6.32. The summed E-state index contributed by atoms with van der Waals surface area (Å²) in [6, 6.07) is 0.344. The smallest absolute Gasteiger partial charge is 0.0556 e. The summed E-state index contributed by atoms with van der Waals surface area (Å²) in [5.74, 6) is 0.616. The molecule has 1 rings (SSSR count). The Bertz CT molecular complexity index is 127. The molecule has 1 heterocycles. The van der Waals surface area contributed by atoms with Gasteiger partial charge in [-0.05, 0) is 18.8 Å². The van der Waals surface area contributed by atoms with Gasteiger partial charge in [0.25, 0.3) is 0 Å². The second-order valence-electron chi connectivity index (χ2n) is 3.47. The highest BCUT2D eigenvalue weighted by molar-refractivity contribution is 4.78. The van der Waals surface area contributed by atoms with Gasteiger partial charge in [0.2, 0.25) is 0 Å². The number of ether oxygens (including phenoxy) is 1. The lowest BCUT2D eigenvalue weighted by Gasteiger charge is -2.30. The average molecular weight is 188 g/mol. The fraction of sp³-hybridized carbons (Fsp3) is 1.00. The minimum Gasteiger partial charge on any atom is -0.395 e. The number of hydrogen-bond acceptors (Lipinski definition) is 4. The molecule has 1 aliphatic heterocycles. The first-order valence-electron chi connectivity index (χ1n) is 5.00. The topological polar surface area (TPSA) is 67.5 Å². The maximum atomic E-state index is 8.68. The third kappa shape index (κ3) is 3.60. The summed E-state index contributed by atoms with van der Waals surface area (Å²) in [5.41, 5.74) is 5.66. The zero-order chi connectivity index (χ0) is 9.52. The molecule has 4 nitrogen and oxygen atoms in total. The average Bonchev–Trinajstić information content (AvgIpc) is 2.21. The molecule has 0 amide bonds. The van der Waals surface area contributed by atoms with E-state index in [2.05, 4.69) is 5.32 Å². The highest BCUT2D eigenvalue weighted by Gasteiger charge is 2.21. The molecule has 0 saturated carbocycles. The van der Waals surface area contributed by atoms with Gasteiger partial charge in [-0.2, -0.15) is 0 Å². The van der Waals surface area contributed by atoms with Crippen LogP contribution in [0.2, 0.25) is 0 Å². The van der Waals surface area contributed by atoms with E-state index in [-0.39, 0.29) is 6.61 Å². The van der Waals surface area contributed by atoms with Crippen molar-refractivity contribution in [1.82, 2.24) is 5.32 Å². The Kier molecular flexibility index (Phi) is 5.31. The van der Waals surface area contributed by atoms with Gasteiger partial charge in [0, 0.05) is 32.3 Å². The first-order valence-corrected chi connectivity index (χ1v) is 5.00. The van der Waals surface area contributed by atoms with Crippen LogP contribution in [0.5, 0.6) is 0 Å². The van der Waals surface area contributed by atoms with Crippen LogP contribution >= 0.6 is 0 Å². The van der Waals surface area contributed by atoms with Gasteiger partial charge < -0.3 is 20.9 Å². The van der Waals surface area contributed by atoms with Crippen molar-refractivity contribution in [1.29, 1.82) is 0 Å². The van der Waals surface area contributed by atoms with Crippen LogP contribution in [0.15, 0.2) is 0 Å². The summed E-state index contributed by atoms with van der Waals surface area (Å²) in [4.78, 5) is 0. The van der Waals surface area contributed by atoms with Crippen LogP contribution in [0.3, 0.4) is 0 Å². The minimum atomic E-state index is 0.180. The molecule has 0 spiro atoms. The van der Waals surface area contributed by atoms with E-state index >= 15 is 0 Å². The van der Waals surface area contributed by atoms with Crippen LogP contribution in [0.25, 0.3) is 0 Å². The van der Waals surface area contributed by atoms with Gasteiger partial charge in [0.05, 0.1) is 6.61 Å². The summed E-state index contributed by atoms with van der Waals surface area (Å²) in [6.45, 7) is 3.16. The molecular weight excluding hydrogens is 168 g/mol. The highest BCUT2D eigenvalue weighted by Crippen LogP contribution is 2.17. The van der Waals surface area contributed by atoms with E-state index in [4.69, 9.17) is 15.6 Å². The molecule has 1 aliphatic rings. The van der Waals surface area contributed by atoms with Crippen molar-refractivity contribution in [3.8, 4) is 0 Å². The van der Waals surface area contributed by atoms with Gasteiger partial charge in [-0.1, -0.05) is 0 Å². The second-order valence-corrected chi connectivity index (χ2v) is 3.47. The standard InChI is InChI=1S/C9H20N2O2/c10-7-9(11-3-4-12)8-1-5-13-6-2-8/h8-9,11-12H,1-7,10H2. The Labute approximate surface area is 79.5 Å². The number of nitrogens with one attached hydrogen (secondary N) is 1. The van der Waals surface area contributed by atoms with Crippen molar-refractivity contribution in [2.24, 2.45) is 11.7 Å². The quantitative estimate of drug-likeness (QED) is 0.535. The first-order chi connectivity index (χ1) is 6.38. The summed E-state index contributed by atoms with van der Waals surface area (Å²) in [7, 11) is 0. The molecule has 0 aliphatic carbocycles. The Hall–Kier alpha value is -0.160. The Balaban J connectivity index is 2.26. The van der Waals surface area contributed by atoms with Crippen molar-refractivity contribution >= 4 is 0 Å². The molecule has 0 radical (unpaired) electrons. The molecule has 0 bridgehead atoms. The van der Waals surface area contributed by atoms with Crippen molar-refractivity contribution < 1.29 is 9.84 Å². The van der Waals surface area contributed by atoms with Gasteiger partial charge in [0.1, 0.15) is 0 Å². The van der Waals surface area contributed by atoms with Crippen LogP contribution in [-0.4, -0.2) is 44.1 Å². The van der Waals surface area contributed by atoms with Crippen LogP contribution in [-0.2, 0) is 4.74 Å². The first kappa shape index (κ1) is 10.9. The van der Waals surface area contributed by atoms with Gasteiger partial charge in [0.15, 0.2) is 0 Å². The number of aliphatic hydroxyl groups excluding tert-OH is 1. The molecule has 0 aromatic rings. The number of rotatable bonds is 5. The van der Waals surface area contributed by atoms with E-state index in [0.29, 0.717) is 25.0 Å². The Morgan fingerprint density at radius 2 is 2.15 bits per heavy atom. The zero-order valence-corrected chi connectivity index (χ0v) is 8.04. The minimum absolute atomic E-state index is 0.180. The molecule has 1 atom stereocenters. The zero-order valence-electron chi connectivity index (χ0n) is 8.04. The van der Waals surface area contributed by atoms with Crippen molar-refractivity contribution in [3.05, 3.63) is 0 Å². The van der Waals surface area contributed by atoms with Crippen molar-refractivity contribution in [3.63, 3.8) is 0 Å². The van der Waals surface area contributed by atoms with Gasteiger partial charge in [-0.15, -0.1) is 0 Å². The van der Waals surface area contributed by atoms with Gasteiger partial charge in [-0.3, -0.25) is 0 Å². The van der Waals surface area contributed by atoms with Crippen LogP contribution in [0, 0.1) is 5.92 Å². The van der Waals surface area contributed by atoms with E-state index in [1.54, 1.807) is 0 Å². The third-order valence-corrected chi connectivity index (χ3v) is 2.61. The fourth-order valence-corrected chi connectivity index (χ4v) is 1.81. The monoisotopic (exact) mass is 188 g/mol. The molecule has 1 unspecified atom stereocenters. The molecule has 0 aromatic heterocycles. The van der Waals surface area contributed by atoms with Crippen LogP contribution < -0.4 is 11.1 Å². The summed E-state index contributed by atoms with van der Waals surface area (Å²) >= 11 is 0. The normalized spacial score (nSPS) is 21.7. The maximum Gasteiger partial charge on any atom is 0.0556 e. The molecule has 4 heteroatoms. The van der Waals surface area contributed by atoms with Gasteiger partial charge >= 0.3 is 0 Å². The number of nitrogens with two attached hydrogens (primary N) is 1. The summed E-state index contributed by atoms with van der Waals surface area (Å²) in [6.07, 6.45) is 2.17. The van der Waals surface area contributed by atoms with E-state index < -0.39 is 0 Å². The van der Waals surface area contributed by atoms with E-state index in [0.717, 1.165) is 26.1 Å². The predicted octanol–water partition coefficient (Wildman–Crippen LogP) is -0.678. The number of aliphatic hydroxyl groups is 1. The lowest BCUT2D eigenvalue weighted by molar-refractivity contribution is 0.0542. The summed E-state index contributed by atoms with van der Waals surface area (Å²) in [5, 5.41) is 11.9. The molecule has 13 heavy (non-hydrogen) atoms. The van der Waals surface area contributed by atoms with Crippen molar-refractivity contribution in [2.45, 2.75) is 18.9 Å². The predicted molar refractivity (Wildman–Crippen MR) is 51.5 cm³/mol. The maximum absolute atomic E-state index is 8.68. The lowest BCUT2D eigenvalue weighted by Crippen LogP contribution is -2.45.